The van der Waals surface area contributed by atoms with E-state index in [1.807, 2.05) is 85.8 Å². The minimum absolute atomic E-state index is 0.262. The van der Waals surface area contributed by atoms with Crippen LogP contribution in [0, 0.1) is 0 Å². The number of unbranched alkanes of at least 4 members (excludes halogenated alkanes) is 1. The van der Waals surface area contributed by atoms with Crippen LogP contribution in [0.15, 0.2) is 104 Å². The quantitative estimate of drug-likeness (QED) is 0.285. The average Bonchev–Trinajstić information content (AvgIpc) is 3.47. The van der Waals surface area contributed by atoms with Crippen LogP contribution in [0.1, 0.15) is 25.3 Å². The zero-order valence-corrected chi connectivity index (χ0v) is 21.2. The maximum atomic E-state index is 13.5. The number of benzene rings is 3. The van der Waals surface area contributed by atoms with Gasteiger partial charge in [0.05, 0.1) is 11.6 Å². The third kappa shape index (κ3) is 5.46. The van der Waals surface area contributed by atoms with Gasteiger partial charge in [-0.25, -0.2) is 9.89 Å². The molecule has 8 nitrogen and oxygen atoms in total. The van der Waals surface area contributed by atoms with E-state index in [-0.39, 0.29) is 11.2 Å². The van der Waals surface area contributed by atoms with E-state index < -0.39 is 0 Å². The summed E-state index contributed by atoms with van der Waals surface area (Å²) in [6.07, 6.45) is 1.68. The summed E-state index contributed by atoms with van der Waals surface area (Å²) >= 11 is 1.42. The van der Waals surface area contributed by atoms with Gasteiger partial charge in [0.2, 0.25) is 0 Å². The number of H-pyrrole nitrogens is 1. The van der Waals surface area contributed by atoms with Crippen LogP contribution < -0.4 is 11.2 Å². The lowest BCUT2D eigenvalue weighted by Crippen LogP contribution is -2.40. The monoisotopic (exact) mass is 510 g/mol. The molecule has 0 saturated carbocycles. The summed E-state index contributed by atoms with van der Waals surface area (Å²) < 4.78 is 3.03. The van der Waals surface area contributed by atoms with Gasteiger partial charge in [-0.05, 0) is 45.7 Å². The second-order valence-electron chi connectivity index (χ2n) is 8.60. The molecule has 0 bridgehead atoms. The van der Waals surface area contributed by atoms with E-state index in [2.05, 4.69) is 20.6 Å². The van der Waals surface area contributed by atoms with Crippen LogP contribution in [0.3, 0.4) is 0 Å². The van der Waals surface area contributed by atoms with Crippen LogP contribution in [0.5, 0.6) is 0 Å². The van der Waals surface area contributed by atoms with Gasteiger partial charge >= 0.3 is 5.69 Å². The lowest BCUT2D eigenvalue weighted by molar-refractivity contribution is 0.522. The minimum atomic E-state index is -0.286. The lowest BCUT2D eigenvalue weighted by atomic mass is 9.98. The Morgan fingerprint density at radius 2 is 1.59 bits per heavy atom. The van der Waals surface area contributed by atoms with Gasteiger partial charge in [-0.1, -0.05) is 91.8 Å². The van der Waals surface area contributed by atoms with Gasteiger partial charge in [-0.15, -0.1) is 5.10 Å². The molecule has 37 heavy (non-hydrogen) atoms. The minimum Gasteiger partial charge on any atom is -0.283 e. The lowest BCUT2D eigenvalue weighted by Gasteiger charge is -2.16. The number of aromatic nitrogens is 6. The van der Waals surface area contributed by atoms with Crippen LogP contribution in [-0.4, -0.2) is 29.8 Å². The largest absolute Gasteiger partial charge is 0.332 e. The molecule has 0 amide bonds. The van der Waals surface area contributed by atoms with E-state index in [1.165, 1.54) is 16.3 Å². The van der Waals surface area contributed by atoms with Gasteiger partial charge in [0.25, 0.3) is 5.56 Å². The molecule has 2 aromatic heterocycles. The second-order valence-corrected chi connectivity index (χ2v) is 9.70. The number of hydrogen-bond acceptors (Lipinski definition) is 6. The highest BCUT2D eigenvalue weighted by Gasteiger charge is 2.14. The van der Waals surface area contributed by atoms with Crippen molar-refractivity contribution in [1.82, 2.24) is 29.8 Å². The van der Waals surface area contributed by atoms with Crippen molar-refractivity contribution >= 4 is 11.8 Å². The molecule has 9 heteroatoms. The first kappa shape index (κ1) is 24.5. The molecule has 3 aromatic carbocycles. The van der Waals surface area contributed by atoms with E-state index in [1.54, 1.807) is 10.6 Å². The average molecular weight is 511 g/mol. The van der Waals surface area contributed by atoms with Gasteiger partial charge in [0.1, 0.15) is 0 Å². The van der Waals surface area contributed by atoms with Gasteiger partial charge in [0.15, 0.2) is 5.82 Å². The van der Waals surface area contributed by atoms with Crippen LogP contribution in [0.4, 0.5) is 0 Å². The highest BCUT2D eigenvalue weighted by atomic mass is 32.2. The highest BCUT2D eigenvalue weighted by Crippen LogP contribution is 2.30. The zero-order chi connectivity index (χ0) is 25.6. The fourth-order valence-corrected chi connectivity index (χ4v) is 5.09. The number of hydrogen-bond donors (Lipinski definition) is 1. The Hall–Kier alpha value is -4.24. The maximum absolute atomic E-state index is 13.5. The van der Waals surface area contributed by atoms with E-state index in [0.29, 0.717) is 23.9 Å². The number of tetrazole rings is 1. The summed E-state index contributed by atoms with van der Waals surface area (Å²) in [4.78, 5) is 27.2. The van der Waals surface area contributed by atoms with E-state index in [0.717, 1.165) is 40.0 Å². The molecule has 0 spiro atoms. The van der Waals surface area contributed by atoms with Gasteiger partial charge in [0, 0.05) is 23.1 Å². The molecule has 5 aromatic rings. The molecule has 0 unspecified atom stereocenters. The number of nitrogens with one attached hydrogen (secondary N) is 1. The second kappa shape index (κ2) is 11.2. The predicted molar refractivity (Wildman–Crippen MR) is 145 cm³/mol. The van der Waals surface area contributed by atoms with E-state index in [4.69, 9.17) is 0 Å². The molecule has 0 saturated heterocycles. The first-order valence-corrected chi connectivity index (χ1v) is 13.0. The number of nitrogens with zero attached hydrogens (tertiary/aromatic N) is 5. The van der Waals surface area contributed by atoms with Gasteiger partial charge in [-0.3, -0.25) is 13.9 Å². The Morgan fingerprint density at radius 1 is 0.865 bits per heavy atom. The maximum Gasteiger partial charge on any atom is 0.332 e. The fourth-order valence-electron chi connectivity index (χ4n) is 4.14. The van der Waals surface area contributed by atoms with Crippen LogP contribution >= 0.6 is 11.8 Å². The van der Waals surface area contributed by atoms with Crippen molar-refractivity contribution in [2.24, 2.45) is 0 Å². The van der Waals surface area contributed by atoms with Crippen molar-refractivity contribution in [3.8, 4) is 22.5 Å². The van der Waals surface area contributed by atoms with Gasteiger partial charge in [-0.2, -0.15) is 0 Å². The fraction of sp³-hybridized carbons (Fsp3) is 0.179. The van der Waals surface area contributed by atoms with Crippen molar-refractivity contribution in [2.45, 2.75) is 42.8 Å². The molecule has 0 fully saturated rings. The van der Waals surface area contributed by atoms with Crippen molar-refractivity contribution < 1.29 is 0 Å². The molecule has 5 rings (SSSR count). The molecule has 0 atom stereocenters. The molecular weight excluding hydrogens is 484 g/mol. The first-order valence-electron chi connectivity index (χ1n) is 12.1. The van der Waals surface area contributed by atoms with Crippen molar-refractivity contribution in [1.29, 1.82) is 0 Å². The Morgan fingerprint density at radius 3 is 2.30 bits per heavy atom. The summed E-state index contributed by atoms with van der Waals surface area (Å²) in [5.41, 5.74) is 3.32. The highest BCUT2D eigenvalue weighted by molar-refractivity contribution is 7.99. The molecular formula is C28H26N6O2S. The first-order chi connectivity index (χ1) is 18.1. The topological polar surface area (TPSA) is 98.5 Å². The summed E-state index contributed by atoms with van der Waals surface area (Å²) in [5.74, 6) is 0.600. The van der Waals surface area contributed by atoms with Crippen LogP contribution in [0.25, 0.3) is 22.5 Å². The van der Waals surface area contributed by atoms with E-state index >= 15 is 0 Å². The Bertz CT molecular complexity index is 1590. The number of rotatable bonds is 9. The zero-order valence-electron chi connectivity index (χ0n) is 20.4. The number of aromatic amines is 1. The van der Waals surface area contributed by atoms with Crippen molar-refractivity contribution in [3.05, 3.63) is 111 Å². The third-order valence-electron chi connectivity index (χ3n) is 6.07. The van der Waals surface area contributed by atoms with Gasteiger partial charge < -0.3 is 0 Å². The third-order valence-corrected chi connectivity index (χ3v) is 7.13. The summed E-state index contributed by atoms with van der Waals surface area (Å²) in [6.45, 7) is 2.81. The summed E-state index contributed by atoms with van der Waals surface area (Å²) in [5, 5.41) is 14.9. The standard InChI is InChI=1S/C28H26N6O2S/c1-2-3-17-33-25(35)18-26(37-22-9-5-4-6-10-22)34(28(33)36)19-20-13-15-21(16-14-20)23-11-7-8-12-24(23)27-29-31-32-30-27/h4-16,18H,2-3,17,19H2,1H3,(H,29,30,31,32). The van der Waals surface area contributed by atoms with Crippen molar-refractivity contribution in [2.75, 3.05) is 0 Å². The summed E-state index contributed by atoms with van der Waals surface area (Å²) in [6, 6.07) is 27.3. The summed E-state index contributed by atoms with van der Waals surface area (Å²) in [7, 11) is 0. The smallest absolute Gasteiger partial charge is 0.283 e. The Balaban J connectivity index is 1.50. The van der Waals surface area contributed by atoms with Crippen LogP contribution in [0.2, 0.25) is 0 Å². The van der Waals surface area contributed by atoms with E-state index in [9.17, 15) is 9.59 Å². The molecule has 0 aliphatic rings. The Kier molecular flexibility index (Phi) is 7.41. The molecule has 186 valence electrons. The van der Waals surface area contributed by atoms with Crippen LogP contribution in [-0.2, 0) is 13.1 Å². The predicted octanol–water partition coefficient (Wildman–Crippen LogP) is 4.86. The SMILES string of the molecule is CCCCn1c(=O)cc(Sc2ccccc2)n(Cc2ccc(-c3ccccc3-c3nnn[nH]3)cc2)c1=O. The molecule has 2 heterocycles. The molecule has 1 N–H and O–H groups in total. The molecule has 0 aliphatic heterocycles. The van der Waals surface area contributed by atoms with Crippen molar-refractivity contribution in [3.63, 3.8) is 0 Å². The normalized spacial score (nSPS) is 11.1. The Labute approximate surface area is 218 Å². The molecule has 0 radical (unpaired) electrons. The molecule has 0 aliphatic carbocycles.